The van der Waals surface area contributed by atoms with E-state index in [-0.39, 0.29) is 0 Å². The van der Waals surface area contributed by atoms with E-state index in [4.69, 9.17) is 0 Å². The second kappa shape index (κ2) is 4.36. The van der Waals surface area contributed by atoms with Gasteiger partial charge in [-0.1, -0.05) is 38.1 Å². The predicted octanol–water partition coefficient (Wildman–Crippen LogP) is 3.23. The van der Waals surface area contributed by atoms with E-state index in [1.807, 2.05) is 0 Å². The van der Waals surface area contributed by atoms with Crippen LogP contribution in [0.4, 0.5) is 0 Å². The van der Waals surface area contributed by atoms with Crippen LogP contribution in [0.5, 0.6) is 0 Å². The fourth-order valence-corrected chi connectivity index (χ4v) is 2.60. The zero-order valence-electron chi connectivity index (χ0n) is 10.0. The first-order valence-electron chi connectivity index (χ1n) is 5.96. The van der Waals surface area contributed by atoms with E-state index in [0.29, 0.717) is 5.92 Å². The van der Waals surface area contributed by atoms with Crippen molar-refractivity contribution in [1.29, 1.82) is 0 Å². The van der Waals surface area contributed by atoms with E-state index in [1.165, 1.54) is 25.1 Å². The summed E-state index contributed by atoms with van der Waals surface area (Å²) in [4.78, 5) is 2.43. The van der Waals surface area contributed by atoms with Crippen molar-refractivity contribution in [2.45, 2.75) is 32.1 Å². The lowest BCUT2D eigenvalue weighted by atomic mass is 9.88. The maximum absolute atomic E-state index is 2.43. The van der Waals surface area contributed by atoms with Crippen molar-refractivity contribution in [3.05, 3.63) is 35.4 Å². The van der Waals surface area contributed by atoms with Gasteiger partial charge in [-0.25, -0.2) is 0 Å². The minimum Gasteiger partial charge on any atom is -0.306 e. The van der Waals surface area contributed by atoms with E-state index in [2.05, 4.69) is 50.1 Å². The molecule has 0 amide bonds. The largest absolute Gasteiger partial charge is 0.306 e. The molecular weight excluding hydrogens is 182 g/mol. The number of benzene rings is 1. The van der Waals surface area contributed by atoms with Gasteiger partial charge in [0.25, 0.3) is 0 Å². The first-order valence-corrected chi connectivity index (χ1v) is 5.96. The molecule has 0 aromatic heterocycles. The molecule has 0 saturated carbocycles. The third kappa shape index (κ3) is 2.23. The molecule has 15 heavy (non-hydrogen) atoms. The molecule has 0 spiro atoms. The van der Waals surface area contributed by atoms with Crippen LogP contribution in [0.15, 0.2) is 24.3 Å². The highest BCUT2D eigenvalue weighted by atomic mass is 15.1. The average Bonchev–Trinajstić information content (AvgIpc) is 2.65. The Hall–Kier alpha value is -0.820. The molecule has 82 valence electrons. The maximum atomic E-state index is 2.43. The Morgan fingerprint density at radius 3 is 2.60 bits per heavy atom. The summed E-state index contributed by atoms with van der Waals surface area (Å²) in [7, 11) is 2.22. The SMILES string of the molecule is CC(C)c1ccccc1C1CCN(C)C1. The summed E-state index contributed by atoms with van der Waals surface area (Å²) in [5, 5.41) is 0. The standard InChI is InChI=1S/C14H21N/c1-11(2)13-6-4-5-7-14(13)12-8-9-15(3)10-12/h4-7,11-12H,8-10H2,1-3H3. The number of hydrogen-bond donors (Lipinski definition) is 0. The normalized spacial score (nSPS) is 22.5. The highest BCUT2D eigenvalue weighted by molar-refractivity contribution is 5.33. The lowest BCUT2D eigenvalue weighted by Crippen LogP contribution is -2.14. The Balaban J connectivity index is 2.27. The van der Waals surface area contributed by atoms with Gasteiger partial charge in [-0.2, -0.15) is 0 Å². The highest BCUT2D eigenvalue weighted by Crippen LogP contribution is 2.31. The van der Waals surface area contributed by atoms with Crippen LogP contribution in [0, 0.1) is 0 Å². The topological polar surface area (TPSA) is 3.24 Å². The minimum absolute atomic E-state index is 0.645. The lowest BCUT2D eigenvalue weighted by molar-refractivity contribution is 0.411. The Morgan fingerprint density at radius 1 is 1.27 bits per heavy atom. The van der Waals surface area contributed by atoms with Crippen LogP contribution in [0.1, 0.15) is 43.2 Å². The quantitative estimate of drug-likeness (QED) is 0.713. The van der Waals surface area contributed by atoms with E-state index in [1.54, 1.807) is 5.56 Å². The molecule has 2 rings (SSSR count). The number of nitrogens with zero attached hydrogens (tertiary/aromatic N) is 1. The van der Waals surface area contributed by atoms with E-state index < -0.39 is 0 Å². The molecule has 1 fully saturated rings. The van der Waals surface area contributed by atoms with Crippen molar-refractivity contribution in [2.75, 3.05) is 20.1 Å². The molecule has 1 atom stereocenters. The van der Waals surface area contributed by atoms with Crippen LogP contribution in [-0.2, 0) is 0 Å². The summed E-state index contributed by atoms with van der Waals surface area (Å²) < 4.78 is 0. The summed E-state index contributed by atoms with van der Waals surface area (Å²) in [6.45, 7) is 7.05. The van der Waals surface area contributed by atoms with Crippen molar-refractivity contribution in [3.8, 4) is 0 Å². The van der Waals surface area contributed by atoms with Crippen LogP contribution in [0.2, 0.25) is 0 Å². The minimum atomic E-state index is 0.645. The molecule has 1 nitrogen and oxygen atoms in total. The van der Waals surface area contributed by atoms with E-state index in [0.717, 1.165) is 5.92 Å². The summed E-state index contributed by atoms with van der Waals surface area (Å²) >= 11 is 0. The maximum Gasteiger partial charge on any atom is 0.00478 e. The van der Waals surface area contributed by atoms with Gasteiger partial charge in [0.15, 0.2) is 0 Å². The van der Waals surface area contributed by atoms with Gasteiger partial charge in [0.05, 0.1) is 0 Å². The van der Waals surface area contributed by atoms with Gasteiger partial charge in [-0.3, -0.25) is 0 Å². The number of rotatable bonds is 2. The molecule has 0 radical (unpaired) electrons. The zero-order chi connectivity index (χ0) is 10.8. The Morgan fingerprint density at radius 2 is 2.00 bits per heavy atom. The van der Waals surface area contributed by atoms with Crippen molar-refractivity contribution in [1.82, 2.24) is 4.90 Å². The number of likely N-dealkylation sites (tertiary alicyclic amines) is 1. The van der Waals surface area contributed by atoms with Crippen molar-refractivity contribution in [2.24, 2.45) is 0 Å². The molecule has 0 bridgehead atoms. The first-order chi connectivity index (χ1) is 7.18. The molecule has 1 aliphatic heterocycles. The van der Waals surface area contributed by atoms with Gasteiger partial charge >= 0.3 is 0 Å². The molecule has 1 heteroatoms. The fourth-order valence-electron chi connectivity index (χ4n) is 2.60. The number of likely N-dealkylation sites (N-methyl/N-ethyl adjacent to an activating group) is 1. The van der Waals surface area contributed by atoms with Crippen LogP contribution in [-0.4, -0.2) is 25.0 Å². The lowest BCUT2D eigenvalue weighted by Gasteiger charge is -2.17. The van der Waals surface area contributed by atoms with Gasteiger partial charge in [0, 0.05) is 6.54 Å². The summed E-state index contributed by atoms with van der Waals surface area (Å²) in [6, 6.07) is 8.95. The Kier molecular flexibility index (Phi) is 3.11. The molecule has 1 aromatic carbocycles. The van der Waals surface area contributed by atoms with Crippen LogP contribution < -0.4 is 0 Å². The van der Waals surface area contributed by atoms with E-state index >= 15 is 0 Å². The smallest absolute Gasteiger partial charge is 0.00478 e. The molecule has 1 saturated heterocycles. The van der Waals surface area contributed by atoms with Crippen molar-refractivity contribution in [3.63, 3.8) is 0 Å². The zero-order valence-corrected chi connectivity index (χ0v) is 10.0. The predicted molar refractivity (Wildman–Crippen MR) is 65.4 cm³/mol. The second-order valence-corrected chi connectivity index (χ2v) is 5.03. The monoisotopic (exact) mass is 203 g/mol. The van der Waals surface area contributed by atoms with Gasteiger partial charge in [-0.15, -0.1) is 0 Å². The molecule has 1 heterocycles. The van der Waals surface area contributed by atoms with Gasteiger partial charge in [0.2, 0.25) is 0 Å². The molecule has 1 aromatic rings. The third-order valence-electron chi connectivity index (χ3n) is 3.45. The van der Waals surface area contributed by atoms with Crippen LogP contribution in [0.3, 0.4) is 0 Å². The van der Waals surface area contributed by atoms with Crippen molar-refractivity contribution < 1.29 is 0 Å². The fraction of sp³-hybridized carbons (Fsp3) is 0.571. The average molecular weight is 203 g/mol. The van der Waals surface area contributed by atoms with Gasteiger partial charge in [0.1, 0.15) is 0 Å². The Labute approximate surface area is 93.1 Å². The summed E-state index contributed by atoms with van der Waals surface area (Å²) in [5.41, 5.74) is 3.12. The van der Waals surface area contributed by atoms with E-state index in [9.17, 15) is 0 Å². The summed E-state index contributed by atoms with van der Waals surface area (Å²) in [6.07, 6.45) is 1.32. The van der Waals surface area contributed by atoms with Gasteiger partial charge in [-0.05, 0) is 43.0 Å². The molecule has 1 unspecified atom stereocenters. The Bertz CT molecular complexity index is 330. The number of hydrogen-bond acceptors (Lipinski definition) is 1. The molecule has 0 aliphatic carbocycles. The molecular formula is C14H21N. The van der Waals surface area contributed by atoms with Crippen LogP contribution >= 0.6 is 0 Å². The molecule has 0 N–H and O–H groups in total. The first kappa shape index (κ1) is 10.7. The summed E-state index contributed by atoms with van der Waals surface area (Å²) in [5.74, 6) is 1.40. The highest BCUT2D eigenvalue weighted by Gasteiger charge is 2.23. The van der Waals surface area contributed by atoms with Gasteiger partial charge < -0.3 is 4.90 Å². The van der Waals surface area contributed by atoms with Crippen molar-refractivity contribution >= 4 is 0 Å². The molecule has 1 aliphatic rings. The third-order valence-corrected chi connectivity index (χ3v) is 3.45. The second-order valence-electron chi connectivity index (χ2n) is 5.03. The van der Waals surface area contributed by atoms with Crippen LogP contribution in [0.25, 0.3) is 0 Å².